The van der Waals surface area contributed by atoms with E-state index in [4.69, 9.17) is 5.73 Å². The molecule has 0 saturated heterocycles. The van der Waals surface area contributed by atoms with Crippen LogP contribution < -0.4 is 15.2 Å². The minimum atomic E-state index is -4.98. The molecule has 21 heavy (non-hydrogen) atoms. The standard InChI is InChI=1S/C11H15F3N2O3S.ClH/c1-10(2,7-15)16-20(17,18)9-6-4-3-5-8(9)19-11(12,13)14;/h3-6,16H,7,15H2,1-2H3;1H. The number of rotatable bonds is 5. The molecular formula is C11H16ClF3N2O3S. The molecule has 0 amide bonds. The minimum Gasteiger partial charge on any atom is -0.404 e. The molecule has 10 heteroatoms. The number of nitrogens with one attached hydrogen (secondary N) is 1. The van der Waals surface area contributed by atoms with Crippen molar-refractivity contribution < 1.29 is 26.3 Å². The quantitative estimate of drug-likeness (QED) is 0.853. The van der Waals surface area contributed by atoms with E-state index in [1.807, 2.05) is 0 Å². The van der Waals surface area contributed by atoms with Gasteiger partial charge < -0.3 is 10.5 Å². The molecule has 0 atom stereocenters. The number of sulfonamides is 1. The highest BCUT2D eigenvalue weighted by Crippen LogP contribution is 2.29. The van der Waals surface area contributed by atoms with Crippen LogP contribution in [0.3, 0.4) is 0 Å². The second-order valence-corrected chi connectivity index (χ2v) is 6.34. The molecule has 1 rings (SSSR count). The molecule has 122 valence electrons. The maximum Gasteiger partial charge on any atom is 0.573 e. The van der Waals surface area contributed by atoms with Gasteiger partial charge in [0.25, 0.3) is 0 Å². The van der Waals surface area contributed by atoms with Crippen molar-refractivity contribution in [1.82, 2.24) is 4.72 Å². The van der Waals surface area contributed by atoms with E-state index in [0.717, 1.165) is 12.1 Å². The number of ether oxygens (including phenoxy) is 1. The van der Waals surface area contributed by atoms with Gasteiger partial charge in [-0.2, -0.15) is 0 Å². The largest absolute Gasteiger partial charge is 0.573 e. The predicted molar refractivity (Wildman–Crippen MR) is 73.8 cm³/mol. The fourth-order valence-corrected chi connectivity index (χ4v) is 2.89. The summed E-state index contributed by atoms with van der Waals surface area (Å²) in [5.41, 5.74) is 4.40. The number of benzene rings is 1. The highest BCUT2D eigenvalue weighted by Gasteiger charge is 2.35. The van der Waals surface area contributed by atoms with Gasteiger partial charge in [-0.1, -0.05) is 12.1 Å². The fraction of sp³-hybridized carbons (Fsp3) is 0.455. The zero-order chi connectivity index (χ0) is 15.6. The lowest BCUT2D eigenvalue weighted by atomic mass is 10.1. The summed E-state index contributed by atoms with van der Waals surface area (Å²) in [5, 5.41) is 0. The molecule has 1 aromatic carbocycles. The average Bonchev–Trinajstić information content (AvgIpc) is 2.26. The third kappa shape index (κ3) is 6.08. The number of hydrogen-bond donors (Lipinski definition) is 2. The minimum absolute atomic E-state index is 0. The summed E-state index contributed by atoms with van der Waals surface area (Å²) in [6, 6.07) is 4.49. The summed E-state index contributed by atoms with van der Waals surface area (Å²) in [4.78, 5) is -0.598. The van der Waals surface area contributed by atoms with Crippen molar-refractivity contribution >= 4 is 22.4 Å². The molecule has 0 aliphatic rings. The molecule has 0 saturated carbocycles. The van der Waals surface area contributed by atoms with Crippen LogP contribution >= 0.6 is 12.4 Å². The van der Waals surface area contributed by atoms with Crippen LogP contribution in [0, 0.1) is 0 Å². The first-order valence-electron chi connectivity index (χ1n) is 5.56. The van der Waals surface area contributed by atoms with Gasteiger partial charge in [0.2, 0.25) is 10.0 Å². The van der Waals surface area contributed by atoms with Crippen LogP contribution in [-0.2, 0) is 10.0 Å². The maximum absolute atomic E-state index is 12.3. The van der Waals surface area contributed by atoms with E-state index in [1.165, 1.54) is 26.0 Å². The van der Waals surface area contributed by atoms with Gasteiger partial charge in [-0.3, -0.25) is 0 Å². The first-order valence-corrected chi connectivity index (χ1v) is 7.04. The molecule has 0 heterocycles. The topological polar surface area (TPSA) is 81.4 Å². The van der Waals surface area contributed by atoms with Gasteiger partial charge in [0.05, 0.1) is 0 Å². The second kappa shape index (κ2) is 6.82. The van der Waals surface area contributed by atoms with Crippen molar-refractivity contribution in [2.45, 2.75) is 30.6 Å². The summed E-state index contributed by atoms with van der Waals surface area (Å²) in [7, 11) is -4.19. The number of nitrogens with two attached hydrogens (primary N) is 1. The first-order chi connectivity index (χ1) is 8.97. The summed E-state index contributed by atoms with van der Waals surface area (Å²) >= 11 is 0. The van der Waals surface area contributed by atoms with Crippen LogP contribution in [0.15, 0.2) is 29.2 Å². The maximum atomic E-state index is 12.3. The third-order valence-corrected chi connectivity index (χ3v) is 4.02. The number of para-hydroxylation sites is 1. The van der Waals surface area contributed by atoms with Gasteiger partial charge in [0.15, 0.2) is 0 Å². The molecule has 0 radical (unpaired) electrons. The third-order valence-electron chi connectivity index (χ3n) is 2.29. The Balaban J connectivity index is 0.00000400. The Morgan fingerprint density at radius 3 is 2.24 bits per heavy atom. The van der Waals surface area contributed by atoms with Crippen LogP contribution in [0.25, 0.3) is 0 Å². The van der Waals surface area contributed by atoms with Gasteiger partial charge in [-0.15, -0.1) is 25.6 Å². The van der Waals surface area contributed by atoms with E-state index in [-0.39, 0.29) is 19.0 Å². The molecule has 0 aromatic heterocycles. The van der Waals surface area contributed by atoms with Crippen LogP contribution in [0.2, 0.25) is 0 Å². The molecule has 0 unspecified atom stereocenters. The van der Waals surface area contributed by atoms with Crippen molar-refractivity contribution in [3.63, 3.8) is 0 Å². The highest BCUT2D eigenvalue weighted by molar-refractivity contribution is 7.89. The Morgan fingerprint density at radius 2 is 1.76 bits per heavy atom. The normalized spacial score (nSPS) is 12.7. The first kappa shape index (κ1) is 20.0. The van der Waals surface area contributed by atoms with E-state index in [0.29, 0.717) is 0 Å². The molecule has 5 nitrogen and oxygen atoms in total. The molecule has 1 aromatic rings. The van der Waals surface area contributed by atoms with Crippen molar-refractivity contribution in [2.24, 2.45) is 5.73 Å². The van der Waals surface area contributed by atoms with Crippen LogP contribution in [-0.4, -0.2) is 26.9 Å². The van der Waals surface area contributed by atoms with Crippen molar-refractivity contribution in [3.05, 3.63) is 24.3 Å². The molecule has 0 aliphatic heterocycles. The number of alkyl halides is 3. The summed E-state index contributed by atoms with van der Waals surface area (Å²) in [6.07, 6.45) is -4.98. The van der Waals surface area contributed by atoms with Crippen LogP contribution in [0.4, 0.5) is 13.2 Å². The Hall–Kier alpha value is -1.03. The summed E-state index contributed by atoms with van der Waals surface area (Å²) in [5.74, 6) is -0.791. The molecule has 3 N–H and O–H groups in total. The molecular weight excluding hydrogens is 333 g/mol. The highest BCUT2D eigenvalue weighted by atomic mass is 35.5. The fourth-order valence-electron chi connectivity index (χ4n) is 1.34. The van der Waals surface area contributed by atoms with Crippen LogP contribution in [0.1, 0.15) is 13.8 Å². The second-order valence-electron chi connectivity index (χ2n) is 4.69. The van der Waals surface area contributed by atoms with Crippen LogP contribution in [0.5, 0.6) is 5.75 Å². The van der Waals surface area contributed by atoms with Crippen molar-refractivity contribution in [1.29, 1.82) is 0 Å². The lowest BCUT2D eigenvalue weighted by Gasteiger charge is -2.24. The van der Waals surface area contributed by atoms with E-state index < -0.39 is 32.6 Å². The van der Waals surface area contributed by atoms with Gasteiger partial charge >= 0.3 is 6.36 Å². The van der Waals surface area contributed by atoms with Crippen molar-refractivity contribution in [2.75, 3.05) is 6.54 Å². The number of halogens is 4. The molecule has 0 bridgehead atoms. The molecule has 0 aliphatic carbocycles. The Labute approximate surface area is 127 Å². The Morgan fingerprint density at radius 1 is 1.24 bits per heavy atom. The van der Waals surface area contributed by atoms with E-state index in [2.05, 4.69) is 9.46 Å². The lowest BCUT2D eigenvalue weighted by Crippen LogP contribution is -2.48. The van der Waals surface area contributed by atoms with E-state index in [9.17, 15) is 21.6 Å². The average molecular weight is 349 g/mol. The Kier molecular flexibility index (Phi) is 6.49. The summed E-state index contributed by atoms with van der Waals surface area (Å²) in [6.45, 7) is 3.00. The summed E-state index contributed by atoms with van der Waals surface area (Å²) < 4.78 is 66.9. The predicted octanol–water partition coefficient (Wildman–Crippen LogP) is 2.02. The number of hydrogen-bond acceptors (Lipinski definition) is 4. The SMILES string of the molecule is CC(C)(CN)NS(=O)(=O)c1ccccc1OC(F)(F)F.Cl. The Bertz CT molecular complexity index is 576. The van der Waals surface area contributed by atoms with Gasteiger partial charge in [0.1, 0.15) is 10.6 Å². The molecule has 0 spiro atoms. The lowest BCUT2D eigenvalue weighted by molar-refractivity contribution is -0.275. The van der Waals surface area contributed by atoms with Gasteiger partial charge in [-0.25, -0.2) is 13.1 Å². The zero-order valence-electron chi connectivity index (χ0n) is 11.3. The molecule has 0 fully saturated rings. The van der Waals surface area contributed by atoms with Gasteiger partial charge in [-0.05, 0) is 26.0 Å². The monoisotopic (exact) mass is 348 g/mol. The van der Waals surface area contributed by atoms with E-state index >= 15 is 0 Å². The van der Waals surface area contributed by atoms with Crippen molar-refractivity contribution in [3.8, 4) is 5.75 Å². The smallest absolute Gasteiger partial charge is 0.404 e. The van der Waals surface area contributed by atoms with Gasteiger partial charge in [0, 0.05) is 12.1 Å². The zero-order valence-corrected chi connectivity index (χ0v) is 12.9. The van der Waals surface area contributed by atoms with E-state index in [1.54, 1.807) is 0 Å².